The van der Waals surface area contributed by atoms with E-state index < -0.39 is 11.9 Å². The molecule has 0 aliphatic carbocycles. The Morgan fingerprint density at radius 1 is 1.28 bits per heavy atom. The van der Waals surface area contributed by atoms with Crippen molar-refractivity contribution in [3.8, 4) is 0 Å². The first-order chi connectivity index (χ1) is 12.0. The summed E-state index contributed by atoms with van der Waals surface area (Å²) in [5.41, 5.74) is 1.13. The molecular weight excluding hydrogens is 322 g/mol. The molecule has 2 heterocycles. The van der Waals surface area contributed by atoms with E-state index in [-0.39, 0.29) is 19.0 Å². The fourth-order valence-corrected chi connectivity index (χ4v) is 2.59. The SMILES string of the molecule is CN(Cc1nccn1Cc1ccccc1)C(=O)CN1C(=O)CNC1=O. The van der Waals surface area contributed by atoms with Gasteiger partial charge in [0.2, 0.25) is 5.91 Å². The molecule has 1 aliphatic rings. The molecule has 1 aromatic carbocycles. The molecule has 0 unspecified atom stereocenters. The van der Waals surface area contributed by atoms with Gasteiger partial charge in [-0.3, -0.25) is 14.5 Å². The number of hydrogen-bond acceptors (Lipinski definition) is 4. The molecule has 8 heteroatoms. The van der Waals surface area contributed by atoms with E-state index in [1.165, 1.54) is 4.90 Å². The molecule has 1 fully saturated rings. The van der Waals surface area contributed by atoms with Gasteiger partial charge < -0.3 is 14.8 Å². The summed E-state index contributed by atoms with van der Waals surface area (Å²) in [6.07, 6.45) is 3.55. The first-order valence-corrected chi connectivity index (χ1v) is 7.90. The predicted octanol–water partition coefficient (Wildman–Crippen LogP) is 0.442. The predicted molar refractivity (Wildman–Crippen MR) is 89.4 cm³/mol. The van der Waals surface area contributed by atoms with Crippen LogP contribution < -0.4 is 5.32 Å². The maximum atomic E-state index is 12.3. The molecule has 0 bridgehead atoms. The average Bonchev–Trinajstić information content (AvgIpc) is 3.17. The molecule has 3 rings (SSSR count). The third-order valence-electron chi connectivity index (χ3n) is 4.03. The van der Waals surface area contributed by atoms with Crippen molar-refractivity contribution in [2.24, 2.45) is 0 Å². The van der Waals surface area contributed by atoms with Gasteiger partial charge in [0, 0.05) is 26.0 Å². The number of urea groups is 1. The van der Waals surface area contributed by atoms with Gasteiger partial charge >= 0.3 is 6.03 Å². The molecule has 0 saturated carbocycles. The Bertz CT molecular complexity index is 771. The third kappa shape index (κ3) is 3.85. The van der Waals surface area contributed by atoms with Crippen LogP contribution in [0.3, 0.4) is 0 Å². The van der Waals surface area contributed by atoms with Crippen molar-refractivity contribution in [3.05, 3.63) is 54.1 Å². The van der Waals surface area contributed by atoms with Crippen molar-refractivity contribution in [3.63, 3.8) is 0 Å². The minimum absolute atomic E-state index is 0.0582. The van der Waals surface area contributed by atoms with Crippen LogP contribution in [0.2, 0.25) is 0 Å². The van der Waals surface area contributed by atoms with E-state index in [1.807, 2.05) is 41.1 Å². The van der Waals surface area contributed by atoms with Gasteiger partial charge in [-0.1, -0.05) is 30.3 Å². The minimum atomic E-state index is -0.530. The highest BCUT2D eigenvalue weighted by atomic mass is 16.2. The topological polar surface area (TPSA) is 87.5 Å². The molecule has 1 N–H and O–H groups in total. The molecule has 4 amide bonds. The summed E-state index contributed by atoms with van der Waals surface area (Å²) in [6.45, 7) is 0.630. The van der Waals surface area contributed by atoms with Crippen molar-refractivity contribution in [1.29, 1.82) is 0 Å². The number of nitrogens with zero attached hydrogens (tertiary/aromatic N) is 4. The molecule has 130 valence electrons. The van der Waals surface area contributed by atoms with Crippen LogP contribution in [0.1, 0.15) is 11.4 Å². The zero-order chi connectivity index (χ0) is 17.8. The van der Waals surface area contributed by atoms with Crippen molar-refractivity contribution in [2.75, 3.05) is 20.1 Å². The molecule has 0 radical (unpaired) electrons. The van der Waals surface area contributed by atoms with Crippen molar-refractivity contribution in [2.45, 2.75) is 13.1 Å². The van der Waals surface area contributed by atoms with Crippen molar-refractivity contribution >= 4 is 17.8 Å². The van der Waals surface area contributed by atoms with Crippen LogP contribution in [-0.4, -0.2) is 57.3 Å². The van der Waals surface area contributed by atoms with Gasteiger partial charge in [-0.15, -0.1) is 0 Å². The number of nitrogens with one attached hydrogen (secondary N) is 1. The monoisotopic (exact) mass is 341 g/mol. The molecule has 0 spiro atoms. The molecule has 1 aliphatic heterocycles. The first kappa shape index (κ1) is 16.7. The number of benzene rings is 1. The third-order valence-corrected chi connectivity index (χ3v) is 4.03. The van der Waals surface area contributed by atoms with Crippen LogP contribution in [0.15, 0.2) is 42.7 Å². The van der Waals surface area contributed by atoms with E-state index in [1.54, 1.807) is 13.2 Å². The lowest BCUT2D eigenvalue weighted by Crippen LogP contribution is -2.41. The van der Waals surface area contributed by atoms with Crippen molar-refractivity contribution < 1.29 is 14.4 Å². The van der Waals surface area contributed by atoms with Crippen molar-refractivity contribution in [1.82, 2.24) is 24.7 Å². The second kappa shape index (κ2) is 7.16. The maximum Gasteiger partial charge on any atom is 0.325 e. The molecule has 8 nitrogen and oxygen atoms in total. The smallest absolute Gasteiger partial charge is 0.325 e. The van der Waals surface area contributed by atoms with E-state index in [4.69, 9.17) is 0 Å². The van der Waals surface area contributed by atoms with E-state index in [0.717, 1.165) is 16.3 Å². The van der Waals surface area contributed by atoms with Crippen LogP contribution in [0.5, 0.6) is 0 Å². The van der Waals surface area contributed by atoms with Gasteiger partial charge in [0.1, 0.15) is 12.4 Å². The Hall–Kier alpha value is -3.16. The Kier molecular flexibility index (Phi) is 4.78. The van der Waals surface area contributed by atoms with Crippen LogP contribution in [0.4, 0.5) is 4.79 Å². The number of rotatable bonds is 6. The Morgan fingerprint density at radius 2 is 2.04 bits per heavy atom. The summed E-state index contributed by atoms with van der Waals surface area (Å²) < 4.78 is 1.97. The van der Waals surface area contributed by atoms with E-state index >= 15 is 0 Å². The first-order valence-electron chi connectivity index (χ1n) is 7.90. The summed E-state index contributed by atoms with van der Waals surface area (Å²) >= 11 is 0. The fourth-order valence-electron chi connectivity index (χ4n) is 2.59. The highest BCUT2D eigenvalue weighted by Crippen LogP contribution is 2.08. The summed E-state index contributed by atoms with van der Waals surface area (Å²) in [7, 11) is 1.63. The van der Waals surface area contributed by atoms with E-state index in [2.05, 4.69) is 10.3 Å². The van der Waals surface area contributed by atoms with Gasteiger partial charge in [-0.05, 0) is 5.56 Å². The van der Waals surface area contributed by atoms with Gasteiger partial charge in [-0.25, -0.2) is 9.78 Å². The van der Waals surface area contributed by atoms with Gasteiger partial charge in [0.05, 0.1) is 13.1 Å². The van der Waals surface area contributed by atoms with Crippen LogP contribution in [0.25, 0.3) is 0 Å². The number of imide groups is 1. The average molecular weight is 341 g/mol. The lowest BCUT2D eigenvalue weighted by molar-refractivity contribution is -0.136. The zero-order valence-corrected chi connectivity index (χ0v) is 13.9. The normalized spacial score (nSPS) is 13.9. The summed E-state index contributed by atoms with van der Waals surface area (Å²) in [5, 5.41) is 2.40. The molecule has 0 atom stereocenters. The highest BCUT2D eigenvalue weighted by Gasteiger charge is 2.31. The number of hydrogen-bond donors (Lipinski definition) is 1. The second-order valence-electron chi connectivity index (χ2n) is 5.85. The van der Waals surface area contributed by atoms with Crippen LogP contribution in [0, 0.1) is 0 Å². The quantitative estimate of drug-likeness (QED) is 0.773. The molecule has 25 heavy (non-hydrogen) atoms. The Morgan fingerprint density at radius 3 is 2.72 bits per heavy atom. The standard InChI is InChI=1S/C17H19N5O3/c1-20(16(24)12-22-15(23)9-19-17(22)25)11-14-18-7-8-21(14)10-13-5-3-2-4-6-13/h2-8H,9-12H2,1H3,(H,19,25). The fraction of sp³-hybridized carbons (Fsp3) is 0.294. The lowest BCUT2D eigenvalue weighted by atomic mass is 10.2. The Balaban J connectivity index is 1.62. The number of aromatic nitrogens is 2. The zero-order valence-electron chi connectivity index (χ0n) is 13.9. The molecule has 1 aromatic heterocycles. The van der Waals surface area contributed by atoms with Gasteiger partial charge in [0.15, 0.2) is 0 Å². The number of carbonyl (C=O) groups excluding carboxylic acids is 3. The van der Waals surface area contributed by atoms with E-state index in [0.29, 0.717) is 13.1 Å². The lowest BCUT2D eigenvalue weighted by Gasteiger charge is -2.20. The number of amides is 4. The Labute approximate surface area is 145 Å². The van der Waals surface area contributed by atoms with Gasteiger partial charge in [0.25, 0.3) is 5.91 Å². The molecular formula is C17H19N5O3. The second-order valence-corrected chi connectivity index (χ2v) is 5.85. The summed E-state index contributed by atoms with van der Waals surface area (Å²) in [5.74, 6) is 0.0221. The van der Waals surface area contributed by atoms with Crippen LogP contribution in [-0.2, 0) is 22.7 Å². The highest BCUT2D eigenvalue weighted by molar-refractivity contribution is 6.04. The minimum Gasteiger partial charge on any atom is -0.337 e. The summed E-state index contributed by atoms with van der Waals surface area (Å²) in [4.78, 5) is 42.1. The van der Waals surface area contributed by atoms with E-state index in [9.17, 15) is 14.4 Å². The largest absolute Gasteiger partial charge is 0.337 e. The molecule has 1 saturated heterocycles. The maximum absolute atomic E-state index is 12.3. The number of carbonyl (C=O) groups is 3. The number of imidazole rings is 1. The van der Waals surface area contributed by atoms with Crippen LogP contribution >= 0.6 is 0 Å². The number of likely N-dealkylation sites (N-methyl/N-ethyl adjacent to an activating group) is 1. The van der Waals surface area contributed by atoms with Gasteiger partial charge in [-0.2, -0.15) is 0 Å². The summed E-state index contributed by atoms with van der Waals surface area (Å²) in [6, 6.07) is 9.42. The molecule has 2 aromatic rings.